The maximum atomic E-state index is 12.0. The first-order chi connectivity index (χ1) is 10.7. The van der Waals surface area contributed by atoms with Crippen molar-refractivity contribution in [3.8, 4) is 5.69 Å². The molecule has 3 aromatic rings. The van der Waals surface area contributed by atoms with Gasteiger partial charge in [-0.05, 0) is 48.9 Å². The van der Waals surface area contributed by atoms with Gasteiger partial charge in [0.1, 0.15) is 0 Å². The molecule has 0 unspecified atom stereocenters. The maximum absolute atomic E-state index is 12.0. The lowest BCUT2D eigenvalue weighted by atomic mass is 10.2. The summed E-state index contributed by atoms with van der Waals surface area (Å²) in [4.78, 5) is 12.0. The van der Waals surface area contributed by atoms with E-state index in [0.717, 1.165) is 27.5 Å². The summed E-state index contributed by atoms with van der Waals surface area (Å²) in [6.45, 7) is 2.43. The highest BCUT2D eigenvalue weighted by Gasteiger charge is 2.09. The largest absolute Gasteiger partial charge is 0.462 e. The molecule has 3 rings (SSSR count). The average Bonchev–Trinajstić information content (AvgIpc) is 2.95. The Morgan fingerprint density at radius 2 is 2.00 bits per heavy atom. The van der Waals surface area contributed by atoms with Crippen LogP contribution in [0.4, 0.5) is 0 Å². The summed E-state index contributed by atoms with van der Waals surface area (Å²) >= 11 is 3.48. The molecule has 23 heavy (non-hydrogen) atoms. The van der Waals surface area contributed by atoms with Gasteiger partial charge >= 0.3 is 5.97 Å². The highest BCUT2D eigenvalue weighted by atomic mass is 79.9. The molecule has 2 aromatic carbocycles. The van der Waals surface area contributed by atoms with E-state index < -0.39 is 0 Å². The molecular formula is C18H17BrClNO2. The van der Waals surface area contributed by atoms with Crippen LogP contribution < -0.4 is 0 Å². The molecule has 0 aliphatic carbocycles. The molecule has 0 bridgehead atoms. The van der Waals surface area contributed by atoms with E-state index in [2.05, 4.69) is 38.7 Å². The molecule has 0 atom stereocenters. The second-order valence-corrected chi connectivity index (χ2v) is 5.99. The molecule has 0 radical (unpaired) electrons. The van der Waals surface area contributed by atoms with Crippen LogP contribution >= 0.6 is 28.3 Å². The normalized spacial score (nSPS) is 10.3. The minimum absolute atomic E-state index is 0. The number of aromatic nitrogens is 1. The van der Waals surface area contributed by atoms with Crippen molar-refractivity contribution in [2.45, 2.75) is 13.3 Å². The van der Waals surface area contributed by atoms with E-state index in [4.69, 9.17) is 4.74 Å². The summed E-state index contributed by atoms with van der Waals surface area (Å²) in [5.41, 5.74) is 2.62. The molecule has 0 N–H and O–H groups in total. The fourth-order valence-electron chi connectivity index (χ4n) is 2.40. The Bertz CT molecular complexity index is 829. The topological polar surface area (TPSA) is 31.2 Å². The number of esters is 1. The van der Waals surface area contributed by atoms with Crippen molar-refractivity contribution in [2.75, 3.05) is 6.61 Å². The van der Waals surface area contributed by atoms with E-state index in [1.165, 1.54) is 0 Å². The summed E-state index contributed by atoms with van der Waals surface area (Å²) in [6.07, 6.45) is 2.83. The Labute approximate surface area is 149 Å². The number of halogens is 2. The highest BCUT2D eigenvalue weighted by molar-refractivity contribution is 9.10. The molecule has 0 saturated carbocycles. The molecule has 0 amide bonds. The first-order valence-corrected chi connectivity index (χ1v) is 8.02. The van der Waals surface area contributed by atoms with Crippen LogP contribution in [-0.4, -0.2) is 17.1 Å². The van der Waals surface area contributed by atoms with Crippen LogP contribution in [-0.2, 0) is 4.74 Å². The number of benzene rings is 2. The van der Waals surface area contributed by atoms with E-state index in [9.17, 15) is 4.79 Å². The first-order valence-electron chi connectivity index (χ1n) is 7.23. The van der Waals surface area contributed by atoms with E-state index in [-0.39, 0.29) is 18.4 Å². The van der Waals surface area contributed by atoms with Crippen molar-refractivity contribution in [3.05, 3.63) is 64.8 Å². The second-order valence-electron chi connectivity index (χ2n) is 5.08. The molecule has 3 nitrogen and oxygen atoms in total. The predicted molar refractivity (Wildman–Crippen MR) is 98.8 cm³/mol. The van der Waals surface area contributed by atoms with Crippen molar-refractivity contribution in [3.63, 3.8) is 0 Å². The number of rotatable bonds is 4. The molecule has 0 spiro atoms. The molecular weight excluding hydrogens is 378 g/mol. The molecule has 5 heteroatoms. The standard InChI is InChI=1S/C18H16BrNO2.ClH/c1-2-10-22-18(21)14-4-3-5-16(12-14)20-9-8-13-11-15(19)6-7-17(13)20;/h3-9,11-12H,2,10H2,1H3;1H. The van der Waals surface area contributed by atoms with Gasteiger partial charge < -0.3 is 9.30 Å². The van der Waals surface area contributed by atoms with Crippen LogP contribution in [0, 0.1) is 0 Å². The number of hydrogen-bond acceptors (Lipinski definition) is 2. The summed E-state index contributed by atoms with van der Waals surface area (Å²) < 4.78 is 8.32. The zero-order chi connectivity index (χ0) is 15.5. The third kappa shape index (κ3) is 3.77. The van der Waals surface area contributed by atoms with Gasteiger partial charge in [-0.1, -0.05) is 28.9 Å². The Balaban J connectivity index is 0.00000192. The van der Waals surface area contributed by atoms with Crippen molar-refractivity contribution < 1.29 is 9.53 Å². The van der Waals surface area contributed by atoms with Crippen molar-refractivity contribution in [1.82, 2.24) is 4.57 Å². The summed E-state index contributed by atoms with van der Waals surface area (Å²) in [7, 11) is 0. The lowest BCUT2D eigenvalue weighted by molar-refractivity contribution is 0.0505. The number of carbonyl (C=O) groups is 1. The van der Waals surface area contributed by atoms with Gasteiger partial charge in [0, 0.05) is 21.7 Å². The van der Waals surface area contributed by atoms with Crippen LogP contribution in [0.2, 0.25) is 0 Å². The number of ether oxygens (including phenoxy) is 1. The van der Waals surface area contributed by atoms with E-state index in [1.807, 2.05) is 37.4 Å². The number of carbonyl (C=O) groups excluding carboxylic acids is 1. The van der Waals surface area contributed by atoms with E-state index >= 15 is 0 Å². The molecule has 120 valence electrons. The quantitative estimate of drug-likeness (QED) is 0.556. The molecule has 1 aromatic heterocycles. The third-order valence-electron chi connectivity index (χ3n) is 3.45. The van der Waals surface area contributed by atoms with Gasteiger partial charge in [-0.3, -0.25) is 0 Å². The Morgan fingerprint density at radius 3 is 2.78 bits per heavy atom. The minimum atomic E-state index is -0.275. The predicted octanol–water partition coefficient (Wildman–Crippen LogP) is 5.38. The van der Waals surface area contributed by atoms with E-state index in [1.54, 1.807) is 6.07 Å². The molecule has 0 fully saturated rings. The maximum Gasteiger partial charge on any atom is 0.338 e. The minimum Gasteiger partial charge on any atom is -0.462 e. The summed E-state index contributed by atoms with van der Waals surface area (Å²) in [5.74, 6) is -0.275. The van der Waals surface area contributed by atoms with Crippen LogP contribution in [0.25, 0.3) is 16.6 Å². The lowest BCUT2D eigenvalue weighted by Crippen LogP contribution is -2.06. The SMILES string of the molecule is CCCOC(=O)c1cccc(-n2ccc3cc(Br)ccc32)c1.Cl. The number of fused-ring (bicyclic) bond motifs is 1. The monoisotopic (exact) mass is 393 g/mol. The molecule has 0 saturated heterocycles. The number of hydrogen-bond donors (Lipinski definition) is 0. The fraction of sp³-hybridized carbons (Fsp3) is 0.167. The third-order valence-corrected chi connectivity index (χ3v) is 3.94. The van der Waals surface area contributed by atoms with Crippen LogP contribution in [0.15, 0.2) is 59.2 Å². The smallest absolute Gasteiger partial charge is 0.338 e. The van der Waals surface area contributed by atoms with Crippen molar-refractivity contribution >= 4 is 45.2 Å². The Kier molecular flexibility index (Phi) is 5.85. The van der Waals surface area contributed by atoms with Crippen LogP contribution in [0.5, 0.6) is 0 Å². The molecule has 1 heterocycles. The van der Waals surface area contributed by atoms with Gasteiger partial charge in [0.05, 0.1) is 17.7 Å². The Hall–Kier alpha value is -1.78. The molecule has 0 aliphatic heterocycles. The van der Waals surface area contributed by atoms with Crippen molar-refractivity contribution in [2.24, 2.45) is 0 Å². The highest BCUT2D eigenvalue weighted by Crippen LogP contribution is 2.24. The van der Waals surface area contributed by atoms with Crippen molar-refractivity contribution in [1.29, 1.82) is 0 Å². The second kappa shape index (κ2) is 7.66. The van der Waals surface area contributed by atoms with Gasteiger partial charge in [0.15, 0.2) is 0 Å². The fourth-order valence-corrected chi connectivity index (χ4v) is 2.78. The first kappa shape index (κ1) is 17.6. The number of nitrogens with zero attached hydrogens (tertiary/aromatic N) is 1. The van der Waals surface area contributed by atoms with Gasteiger partial charge in [0.2, 0.25) is 0 Å². The van der Waals surface area contributed by atoms with E-state index in [0.29, 0.717) is 12.2 Å². The summed E-state index contributed by atoms with van der Waals surface area (Å²) in [5, 5.41) is 1.15. The van der Waals surface area contributed by atoms with Gasteiger partial charge in [-0.15, -0.1) is 12.4 Å². The van der Waals surface area contributed by atoms with Crippen LogP contribution in [0.3, 0.4) is 0 Å². The lowest BCUT2D eigenvalue weighted by Gasteiger charge is -2.08. The Morgan fingerprint density at radius 1 is 1.17 bits per heavy atom. The van der Waals surface area contributed by atoms with Gasteiger partial charge in [-0.25, -0.2) is 4.79 Å². The zero-order valence-electron chi connectivity index (χ0n) is 12.7. The van der Waals surface area contributed by atoms with Crippen LogP contribution in [0.1, 0.15) is 23.7 Å². The summed E-state index contributed by atoms with van der Waals surface area (Å²) in [6, 6.07) is 15.7. The zero-order valence-corrected chi connectivity index (χ0v) is 15.1. The molecule has 0 aliphatic rings. The van der Waals surface area contributed by atoms with Gasteiger partial charge in [0.25, 0.3) is 0 Å². The van der Waals surface area contributed by atoms with Gasteiger partial charge in [-0.2, -0.15) is 0 Å². The average molecular weight is 395 g/mol.